The van der Waals surface area contributed by atoms with E-state index in [1.807, 2.05) is 21.0 Å². The van der Waals surface area contributed by atoms with Crippen molar-refractivity contribution in [2.45, 2.75) is 19.9 Å². The minimum absolute atomic E-state index is 0.101. The summed E-state index contributed by atoms with van der Waals surface area (Å²) >= 11 is 0. The molecule has 1 amide bonds. The number of methoxy groups -OCH3 is 1. The molecule has 0 saturated carbocycles. The first-order valence-electron chi connectivity index (χ1n) is 8.78. The van der Waals surface area contributed by atoms with Crippen LogP contribution >= 0.6 is 0 Å². The van der Waals surface area contributed by atoms with Crippen molar-refractivity contribution >= 4 is 5.91 Å². The van der Waals surface area contributed by atoms with Crippen molar-refractivity contribution in [3.63, 3.8) is 0 Å². The van der Waals surface area contributed by atoms with Crippen molar-refractivity contribution in [1.29, 1.82) is 0 Å². The third-order valence-electron chi connectivity index (χ3n) is 4.27. The zero-order valence-corrected chi connectivity index (χ0v) is 16.2. The highest BCUT2D eigenvalue weighted by atomic mass is 16.5. The van der Waals surface area contributed by atoms with Crippen LogP contribution in [0.15, 0.2) is 42.5 Å². The van der Waals surface area contributed by atoms with Gasteiger partial charge in [-0.25, -0.2) is 0 Å². The summed E-state index contributed by atoms with van der Waals surface area (Å²) in [5.74, 6) is 1.06. The summed E-state index contributed by atoms with van der Waals surface area (Å²) in [6, 6.07) is 13.7. The van der Waals surface area contributed by atoms with Gasteiger partial charge in [-0.1, -0.05) is 29.8 Å². The third kappa shape index (κ3) is 4.99. The minimum Gasteiger partial charge on any atom is -0.493 e. The molecule has 5 heteroatoms. The second kappa shape index (κ2) is 9.25. The number of nitrogens with zero attached hydrogens (tertiary/aromatic N) is 1. The predicted octanol–water partition coefficient (Wildman–Crippen LogP) is 3.44. The molecule has 0 heterocycles. The largest absolute Gasteiger partial charge is 0.493 e. The Kier molecular flexibility index (Phi) is 7.04. The van der Waals surface area contributed by atoms with E-state index in [1.165, 1.54) is 11.1 Å². The molecule has 2 aromatic carbocycles. The van der Waals surface area contributed by atoms with Gasteiger partial charge in [0, 0.05) is 12.1 Å². The quantitative estimate of drug-likeness (QED) is 0.787. The van der Waals surface area contributed by atoms with E-state index in [-0.39, 0.29) is 11.9 Å². The van der Waals surface area contributed by atoms with E-state index < -0.39 is 0 Å². The Balaban J connectivity index is 2.10. The van der Waals surface area contributed by atoms with Gasteiger partial charge in [-0.05, 0) is 51.7 Å². The Labute approximate surface area is 155 Å². The average Bonchev–Trinajstić information content (AvgIpc) is 2.63. The van der Waals surface area contributed by atoms with Gasteiger partial charge in [0.2, 0.25) is 0 Å². The fourth-order valence-corrected chi connectivity index (χ4v) is 2.76. The van der Waals surface area contributed by atoms with Gasteiger partial charge in [0.05, 0.1) is 19.8 Å². The fourth-order valence-electron chi connectivity index (χ4n) is 2.76. The SMILES string of the molecule is CCOc1cc(C(=O)NCC(c2ccc(C)cc2)N(C)C)ccc1OC. The highest BCUT2D eigenvalue weighted by Crippen LogP contribution is 2.28. The van der Waals surface area contributed by atoms with Gasteiger partial charge in [0.15, 0.2) is 11.5 Å². The third-order valence-corrected chi connectivity index (χ3v) is 4.27. The summed E-state index contributed by atoms with van der Waals surface area (Å²) in [5, 5.41) is 3.02. The maximum absolute atomic E-state index is 12.6. The van der Waals surface area contributed by atoms with Crippen molar-refractivity contribution in [2.75, 3.05) is 34.4 Å². The second-order valence-corrected chi connectivity index (χ2v) is 6.40. The number of nitrogens with one attached hydrogen (secondary N) is 1. The van der Waals surface area contributed by atoms with Crippen LogP contribution in [0.2, 0.25) is 0 Å². The van der Waals surface area contributed by atoms with Crippen molar-refractivity contribution in [3.8, 4) is 11.5 Å². The molecular weight excluding hydrogens is 328 g/mol. The lowest BCUT2D eigenvalue weighted by atomic mass is 10.0. The molecule has 1 unspecified atom stereocenters. The number of amides is 1. The molecule has 0 saturated heterocycles. The zero-order chi connectivity index (χ0) is 19.1. The minimum atomic E-state index is -0.132. The van der Waals surface area contributed by atoms with E-state index in [4.69, 9.17) is 9.47 Å². The van der Waals surface area contributed by atoms with E-state index in [1.54, 1.807) is 25.3 Å². The first-order valence-corrected chi connectivity index (χ1v) is 8.78. The number of hydrogen-bond acceptors (Lipinski definition) is 4. The van der Waals surface area contributed by atoms with E-state index >= 15 is 0 Å². The van der Waals surface area contributed by atoms with E-state index in [2.05, 4.69) is 41.4 Å². The molecule has 0 aromatic heterocycles. The molecular formula is C21H28N2O3. The standard InChI is InChI=1S/C21H28N2O3/c1-6-26-20-13-17(11-12-19(20)25-5)21(24)22-14-18(23(3)4)16-9-7-15(2)8-10-16/h7-13,18H,6,14H2,1-5H3,(H,22,24). The van der Waals surface area contributed by atoms with Gasteiger partial charge >= 0.3 is 0 Å². The molecule has 2 aromatic rings. The molecule has 1 atom stereocenters. The van der Waals surface area contributed by atoms with Crippen LogP contribution in [-0.4, -0.2) is 45.2 Å². The van der Waals surface area contributed by atoms with Crippen LogP contribution in [0.3, 0.4) is 0 Å². The second-order valence-electron chi connectivity index (χ2n) is 6.40. The van der Waals surface area contributed by atoms with E-state index in [0.717, 1.165) is 0 Å². The number of carbonyl (C=O) groups excluding carboxylic acids is 1. The van der Waals surface area contributed by atoms with E-state index in [0.29, 0.717) is 30.2 Å². The topological polar surface area (TPSA) is 50.8 Å². The number of likely N-dealkylation sites (N-methyl/N-ethyl adjacent to an activating group) is 1. The molecule has 26 heavy (non-hydrogen) atoms. The normalized spacial score (nSPS) is 11.9. The molecule has 0 bridgehead atoms. The number of rotatable bonds is 8. The fraction of sp³-hybridized carbons (Fsp3) is 0.381. The van der Waals surface area contributed by atoms with Crippen LogP contribution in [-0.2, 0) is 0 Å². The van der Waals surface area contributed by atoms with Crippen LogP contribution in [0.1, 0.15) is 34.5 Å². The molecule has 5 nitrogen and oxygen atoms in total. The predicted molar refractivity (Wildman–Crippen MR) is 104 cm³/mol. The summed E-state index contributed by atoms with van der Waals surface area (Å²) in [4.78, 5) is 14.7. The van der Waals surface area contributed by atoms with Gasteiger partial charge in [0.1, 0.15) is 0 Å². The maximum atomic E-state index is 12.6. The van der Waals surface area contributed by atoms with Gasteiger partial charge in [-0.3, -0.25) is 4.79 Å². The van der Waals surface area contributed by atoms with Gasteiger partial charge in [0.25, 0.3) is 5.91 Å². The lowest BCUT2D eigenvalue weighted by Crippen LogP contribution is -2.34. The Hall–Kier alpha value is -2.53. The van der Waals surface area contributed by atoms with Gasteiger partial charge in [-0.2, -0.15) is 0 Å². The summed E-state index contributed by atoms with van der Waals surface area (Å²) in [7, 11) is 5.61. The molecule has 1 N–H and O–H groups in total. The van der Waals surface area contributed by atoms with Gasteiger partial charge in [-0.15, -0.1) is 0 Å². The molecule has 0 aliphatic carbocycles. The Morgan fingerprint density at radius 2 is 1.81 bits per heavy atom. The summed E-state index contributed by atoms with van der Waals surface area (Å²) in [6.07, 6.45) is 0. The average molecular weight is 356 g/mol. The maximum Gasteiger partial charge on any atom is 0.251 e. The summed E-state index contributed by atoms with van der Waals surface area (Å²) < 4.78 is 10.8. The number of ether oxygens (including phenoxy) is 2. The molecule has 0 aliphatic rings. The number of carbonyl (C=O) groups is 1. The number of hydrogen-bond donors (Lipinski definition) is 1. The Morgan fingerprint density at radius 1 is 1.12 bits per heavy atom. The zero-order valence-electron chi connectivity index (χ0n) is 16.2. The Morgan fingerprint density at radius 3 is 2.38 bits per heavy atom. The highest BCUT2D eigenvalue weighted by Gasteiger charge is 2.17. The van der Waals surface area contributed by atoms with Crippen LogP contribution in [0.25, 0.3) is 0 Å². The van der Waals surface area contributed by atoms with Crippen molar-refractivity contribution in [2.24, 2.45) is 0 Å². The summed E-state index contributed by atoms with van der Waals surface area (Å²) in [6.45, 7) is 4.99. The molecule has 0 fully saturated rings. The number of benzene rings is 2. The monoisotopic (exact) mass is 356 g/mol. The Bertz CT molecular complexity index is 727. The lowest BCUT2D eigenvalue weighted by molar-refractivity contribution is 0.0941. The van der Waals surface area contributed by atoms with Crippen LogP contribution in [0.4, 0.5) is 0 Å². The first-order chi connectivity index (χ1) is 12.5. The first kappa shape index (κ1) is 19.8. The van der Waals surface area contributed by atoms with Crippen molar-refractivity contribution in [1.82, 2.24) is 10.2 Å². The lowest BCUT2D eigenvalue weighted by Gasteiger charge is -2.25. The summed E-state index contributed by atoms with van der Waals surface area (Å²) in [5.41, 5.74) is 2.94. The molecule has 0 spiro atoms. The highest BCUT2D eigenvalue weighted by molar-refractivity contribution is 5.94. The van der Waals surface area contributed by atoms with Crippen LogP contribution in [0.5, 0.6) is 11.5 Å². The van der Waals surface area contributed by atoms with Gasteiger partial charge < -0.3 is 19.7 Å². The smallest absolute Gasteiger partial charge is 0.251 e. The number of aryl methyl sites for hydroxylation is 1. The van der Waals surface area contributed by atoms with Crippen molar-refractivity contribution < 1.29 is 14.3 Å². The molecule has 140 valence electrons. The molecule has 0 aliphatic heterocycles. The van der Waals surface area contributed by atoms with Crippen LogP contribution < -0.4 is 14.8 Å². The molecule has 2 rings (SSSR count). The molecule has 0 radical (unpaired) electrons. The van der Waals surface area contributed by atoms with Crippen molar-refractivity contribution in [3.05, 3.63) is 59.2 Å². The van der Waals surface area contributed by atoms with Crippen LogP contribution in [0, 0.1) is 6.92 Å². The van der Waals surface area contributed by atoms with E-state index in [9.17, 15) is 4.79 Å².